The molecular weight excluding hydrogens is 472 g/mol. The van der Waals surface area contributed by atoms with Crippen LogP contribution in [0.15, 0.2) is 36.4 Å². The van der Waals surface area contributed by atoms with Crippen LogP contribution in [0.3, 0.4) is 0 Å². The van der Waals surface area contributed by atoms with E-state index in [1.54, 1.807) is 0 Å². The van der Waals surface area contributed by atoms with Gasteiger partial charge in [-0.2, -0.15) is 0 Å². The summed E-state index contributed by atoms with van der Waals surface area (Å²) in [6.07, 6.45) is 11.6. The molecule has 1 heterocycles. The van der Waals surface area contributed by atoms with E-state index < -0.39 is 23.2 Å². The zero-order valence-electron chi connectivity index (χ0n) is 21.8. The van der Waals surface area contributed by atoms with Crippen LogP contribution < -0.4 is 20.7 Å². The van der Waals surface area contributed by atoms with Crippen LogP contribution in [0.5, 0.6) is 5.75 Å². The molecule has 0 saturated heterocycles. The van der Waals surface area contributed by atoms with E-state index in [4.69, 9.17) is 4.74 Å². The number of hydrogen-bond donors (Lipinski definition) is 3. The molecule has 2 saturated carbocycles. The molecule has 0 bridgehead atoms. The van der Waals surface area contributed by atoms with Gasteiger partial charge in [0.15, 0.2) is 17.3 Å². The number of halogens is 2. The highest BCUT2D eigenvalue weighted by molar-refractivity contribution is 5.86. The average molecular weight is 512 g/mol. The lowest BCUT2D eigenvalue weighted by Gasteiger charge is -2.43. The minimum atomic E-state index is -1.03. The molecule has 0 spiro atoms. The fourth-order valence-corrected chi connectivity index (χ4v) is 6.45. The summed E-state index contributed by atoms with van der Waals surface area (Å²) in [5.74, 6) is -1.47. The molecule has 1 atom stereocenters. The summed E-state index contributed by atoms with van der Waals surface area (Å²) in [4.78, 5) is 14.1. The van der Waals surface area contributed by atoms with Gasteiger partial charge in [0, 0.05) is 18.2 Å². The lowest BCUT2D eigenvalue weighted by molar-refractivity contribution is -0.130. The van der Waals surface area contributed by atoms with Gasteiger partial charge in [-0.05, 0) is 55.7 Å². The summed E-state index contributed by atoms with van der Waals surface area (Å²) in [5, 5.41) is 10.2. The predicted octanol–water partition coefficient (Wildman–Crippen LogP) is 6.79. The zero-order chi connectivity index (χ0) is 25.8. The van der Waals surface area contributed by atoms with Crippen molar-refractivity contribution in [3.05, 3.63) is 53.6 Å². The molecule has 7 heteroatoms. The van der Waals surface area contributed by atoms with Gasteiger partial charge in [-0.25, -0.2) is 8.78 Å². The Labute approximate surface area is 218 Å². The molecule has 2 aromatic carbocycles. The van der Waals surface area contributed by atoms with Gasteiger partial charge < -0.3 is 20.7 Å². The maximum Gasteiger partial charge on any atom is 0.228 e. The van der Waals surface area contributed by atoms with E-state index in [1.807, 2.05) is 24.3 Å². The fraction of sp³-hybridized carbons (Fsp3) is 0.567. The number of aryl methyl sites for hydroxylation is 1. The number of rotatable bonds is 8. The Kier molecular flexibility index (Phi) is 7.87. The Hall–Kier alpha value is -2.83. The standard InChI is InChI=1S/C30H39F2N3O2/c1-2-20-13-15-23(16-14-20)37-19-30(34-26-17-24(31)25(32)18-27(26)35-30)28(21-9-5-3-6-10-21)29(36)33-22-11-7-4-8-12-22/h13-18,21-22,28,34-35H,2-12,19H2,1H3,(H,33,36). The van der Waals surface area contributed by atoms with E-state index in [0.717, 1.165) is 64.2 Å². The van der Waals surface area contributed by atoms with Crippen LogP contribution in [0, 0.1) is 23.5 Å². The van der Waals surface area contributed by atoms with E-state index in [1.165, 1.54) is 24.1 Å². The Balaban J connectivity index is 1.48. The lowest BCUT2D eigenvalue weighted by atomic mass is 9.73. The smallest absolute Gasteiger partial charge is 0.228 e. The van der Waals surface area contributed by atoms with Crippen LogP contribution in [-0.4, -0.2) is 24.2 Å². The molecule has 1 amide bonds. The van der Waals surface area contributed by atoms with Crippen LogP contribution in [0.1, 0.15) is 76.7 Å². The Morgan fingerprint density at radius 3 is 2.08 bits per heavy atom. The number of carbonyl (C=O) groups excluding carboxylic acids is 1. The molecule has 5 nitrogen and oxygen atoms in total. The highest BCUT2D eigenvalue weighted by atomic mass is 19.2. The fourth-order valence-electron chi connectivity index (χ4n) is 6.45. The van der Waals surface area contributed by atoms with Crippen molar-refractivity contribution in [1.82, 2.24) is 5.32 Å². The lowest BCUT2D eigenvalue weighted by Crippen LogP contribution is -2.61. The van der Waals surface area contributed by atoms with Crippen molar-refractivity contribution >= 4 is 17.3 Å². The third kappa shape index (κ3) is 5.70. The first-order valence-electron chi connectivity index (χ1n) is 14.0. The van der Waals surface area contributed by atoms with Crippen LogP contribution >= 0.6 is 0 Å². The summed E-state index contributed by atoms with van der Waals surface area (Å²) in [5.41, 5.74) is 1.09. The zero-order valence-corrected chi connectivity index (χ0v) is 21.8. The molecule has 3 aliphatic rings. The van der Waals surface area contributed by atoms with Gasteiger partial charge in [-0.1, -0.05) is 57.6 Å². The van der Waals surface area contributed by atoms with Crippen molar-refractivity contribution < 1.29 is 18.3 Å². The van der Waals surface area contributed by atoms with Gasteiger partial charge >= 0.3 is 0 Å². The average Bonchev–Trinajstić information content (AvgIpc) is 3.27. The number of anilines is 2. The Bertz CT molecular complexity index is 1050. The second-order valence-corrected chi connectivity index (χ2v) is 11.0. The summed E-state index contributed by atoms with van der Waals surface area (Å²) in [7, 11) is 0. The van der Waals surface area contributed by atoms with Gasteiger partial charge in [-0.3, -0.25) is 4.79 Å². The molecule has 1 unspecified atom stereocenters. The molecule has 3 N–H and O–H groups in total. The van der Waals surface area contributed by atoms with E-state index in [2.05, 4.69) is 22.9 Å². The molecule has 2 aliphatic carbocycles. The minimum absolute atomic E-state index is 0.00233. The highest BCUT2D eigenvalue weighted by Gasteiger charge is 2.52. The third-order valence-corrected chi connectivity index (χ3v) is 8.46. The van der Waals surface area contributed by atoms with Crippen molar-refractivity contribution in [3.63, 3.8) is 0 Å². The van der Waals surface area contributed by atoms with Crippen LogP contribution in [-0.2, 0) is 11.2 Å². The number of carbonyl (C=O) groups is 1. The molecule has 5 rings (SSSR count). The first kappa shape index (κ1) is 25.8. The van der Waals surface area contributed by atoms with Crippen molar-refractivity contribution in [1.29, 1.82) is 0 Å². The number of ether oxygens (including phenoxy) is 1. The third-order valence-electron chi connectivity index (χ3n) is 8.46. The Morgan fingerprint density at radius 2 is 1.51 bits per heavy atom. The SMILES string of the molecule is CCc1ccc(OCC2(C(C(=O)NC3CCCCC3)C3CCCCC3)Nc3cc(F)c(F)cc3N2)cc1. The predicted molar refractivity (Wildman–Crippen MR) is 143 cm³/mol. The quantitative estimate of drug-likeness (QED) is 0.365. The van der Waals surface area contributed by atoms with Crippen LogP contribution in [0.2, 0.25) is 0 Å². The summed E-state index contributed by atoms with van der Waals surface area (Å²) in [6.45, 7) is 2.24. The van der Waals surface area contributed by atoms with Gasteiger partial charge in [-0.15, -0.1) is 0 Å². The van der Waals surface area contributed by atoms with Crippen molar-refractivity contribution in [3.8, 4) is 5.75 Å². The molecule has 1 aliphatic heterocycles. The van der Waals surface area contributed by atoms with E-state index in [9.17, 15) is 13.6 Å². The monoisotopic (exact) mass is 511 g/mol. The van der Waals surface area contributed by atoms with Gasteiger partial charge in [0.2, 0.25) is 5.91 Å². The number of fused-ring (bicyclic) bond motifs is 1. The summed E-state index contributed by atoms with van der Waals surface area (Å²) < 4.78 is 34.7. The van der Waals surface area contributed by atoms with E-state index in [0.29, 0.717) is 17.1 Å². The number of nitrogens with one attached hydrogen (secondary N) is 3. The second kappa shape index (κ2) is 11.3. The van der Waals surface area contributed by atoms with Gasteiger partial charge in [0.1, 0.15) is 12.4 Å². The molecular formula is C30H39F2N3O2. The number of benzene rings is 2. The molecule has 2 fully saturated rings. The first-order valence-corrected chi connectivity index (χ1v) is 14.0. The molecule has 0 aromatic heterocycles. The topological polar surface area (TPSA) is 62.4 Å². The van der Waals surface area contributed by atoms with Crippen molar-refractivity contribution in [2.75, 3.05) is 17.2 Å². The Morgan fingerprint density at radius 1 is 0.946 bits per heavy atom. The molecule has 0 radical (unpaired) electrons. The second-order valence-electron chi connectivity index (χ2n) is 11.0. The number of amides is 1. The minimum Gasteiger partial charge on any atom is -0.489 e. The number of hydrogen-bond acceptors (Lipinski definition) is 4. The largest absolute Gasteiger partial charge is 0.489 e. The molecule has 37 heavy (non-hydrogen) atoms. The summed E-state index contributed by atoms with van der Waals surface area (Å²) in [6, 6.07) is 10.5. The van der Waals surface area contributed by atoms with Crippen LogP contribution in [0.25, 0.3) is 0 Å². The van der Waals surface area contributed by atoms with Crippen molar-refractivity contribution in [2.45, 2.75) is 89.3 Å². The van der Waals surface area contributed by atoms with Gasteiger partial charge in [0.05, 0.1) is 17.3 Å². The van der Waals surface area contributed by atoms with Crippen LogP contribution in [0.4, 0.5) is 20.2 Å². The molecule has 200 valence electrons. The van der Waals surface area contributed by atoms with E-state index >= 15 is 0 Å². The summed E-state index contributed by atoms with van der Waals surface area (Å²) >= 11 is 0. The first-order chi connectivity index (χ1) is 18.0. The van der Waals surface area contributed by atoms with Crippen molar-refractivity contribution in [2.24, 2.45) is 11.8 Å². The maximum atomic E-state index is 14.2. The molecule has 2 aromatic rings. The van der Waals surface area contributed by atoms with E-state index in [-0.39, 0.29) is 24.5 Å². The van der Waals surface area contributed by atoms with Gasteiger partial charge in [0.25, 0.3) is 0 Å². The maximum absolute atomic E-state index is 14.2. The highest BCUT2D eigenvalue weighted by Crippen LogP contribution is 2.45. The normalized spacial score (nSPS) is 20.4.